The summed E-state index contributed by atoms with van der Waals surface area (Å²) >= 11 is 3.06. The Labute approximate surface area is 97.8 Å². The lowest BCUT2D eigenvalue weighted by Crippen LogP contribution is -2.19. The molecule has 0 aliphatic carbocycles. The molecule has 0 bridgehead atoms. The number of rotatable bonds is 1. The van der Waals surface area contributed by atoms with Crippen LogP contribution in [0.4, 0.5) is 13.2 Å². The first-order chi connectivity index (χ1) is 7.50. The third-order valence-corrected chi connectivity index (χ3v) is 2.59. The molecular formula is C10H6BrF3N2. The first-order valence-electron chi connectivity index (χ1n) is 4.36. The van der Waals surface area contributed by atoms with Gasteiger partial charge in [0.1, 0.15) is 0 Å². The van der Waals surface area contributed by atoms with Crippen molar-refractivity contribution in [1.29, 1.82) is 0 Å². The lowest BCUT2D eigenvalue weighted by Gasteiger charge is -2.10. The molecule has 0 radical (unpaired) electrons. The van der Waals surface area contributed by atoms with Crippen molar-refractivity contribution in [3.63, 3.8) is 0 Å². The van der Waals surface area contributed by atoms with E-state index in [4.69, 9.17) is 0 Å². The second-order valence-corrected chi connectivity index (χ2v) is 3.94. The van der Waals surface area contributed by atoms with Crippen LogP contribution in [0.2, 0.25) is 0 Å². The molecular weight excluding hydrogens is 285 g/mol. The Morgan fingerprint density at radius 2 is 1.75 bits per heavy atom. The van der Waals surface area contributed by atoms with E-state index >= 15 is 0 Å². The predicted octanol–water partition coefficient (Wildman–Crippen LogP) is 3.79. The van der Waals surface area contributed by atoms with E-state index in [1.807, 2.05) is 0 Å². The van der Waals surface area contributed by atoms with Crippen LogP contribution in [0.1, 0.15) is 0 Å². The van der Waals surface area contributed by atoms with E-state index in [0.717, 1.165) is 6.20 Å². The average molecular weight is 291 g/mol. The molecule has 2 rings (SSSR count). The first-order valence-corrected chi connectivity index (χ1v) is 5.15. The van der Waals surface area contributed by atoms with Crippen LogP contribution in [-0.4, -0.2) is 9.78 Å². The molecule has 0 saturated heterocycles. The molecule has 1 aromatic carbocycles. The van der Waals surface area contributed by atoms with Crippen molar-refractivity contribution >= 4 is 15.9 Å². The van der Waals surface area contributed by atoms with Crippen LogP contribution in [0.5, 0.6) is 0 Å². The molecule has 0 aliphatic rings. The van der Waals surface area contributed by atoms with Gasteiger partial charge in [0.25, 0.3) is 0 Å². The van der Waals surface area contributed by atoms with Crippen molar-refractivity contribution in [2.75, 3.05) is 0 Å². The van der Waals surface area contributed by atoms with Gasteiger partial charge >= 0.3 is 6.30 Å². The zero-order valence-corrected chi connectivity index (χ0v) is 9.46. The minimum Gasteiger partial charge on any atom is -0.172 e. The molecule has 1 aromatic heterocycles. The molecule has 0 N–H and O–H groups in total. The summed E-state index contributed by atoms with van der Waals surface area (Å²) in [4.78, 5) is 0. The number of alkyl halides is 3. The van der Waals surface area contributed by atoms with Gasteiger partial charge < -0.3 is 0 Å². The number of benzene rings is 1. The summed E-state index contributed by atoms with van der Waals surface area (Å²) in [5.74, 6) is 0. The van der Waals surface area contributed by atoms with E-state index in [0.29, 0.717) is 10.0 Å². The molecule has 0 fully saturated rings. The molecule has 6 heteroatoms. The fourth-order valence-electron chi connectivity index (χ4n) is 1.38. The van der Waals surface area contributed by atoms with Crippen LogP contribution >= 0.6 is 15.9 Å². The minimum atomic E-state index is -4.52. The Kier molecular flexibility index (Phi) is 2.75. The molecule has 0 saturated carbocycles. The summed E-state index contributed by atoms with van der Waals surface area (Å²) in [5, 5.41) is 3.31. The topological polar surface area (TPSA) is 17.8 Å². The zero-order chi connectivity index (χ0) is 11.8. The summed E-state index contributed by atoms with van der Waals surface area (Å²) < 4.78 is 38.2. The summed E-state index contributed by atoms with van der Waals surface area (Å²) in [7, 11) is 0. The Bertz CT molecular complexity index is 491. The minimum absolute atomic E-state index is 0.00750. The molecule has 0 amide bonds. The molecule has 2 nitrogen and oxygen atoms in total. The van der Waals surface area contributed by atoms with Gasteiger partial charge in [-0.15, -0.1) is 13.2 Å². The third kappa shape index (κ3) is 1.97. The van der Waals surface area contributed by atoms with Crippen molar-refractivity contribution in [2.45, 2.75) is 6.30 Å². The zero-order valence-electron chi connectivity index (χ0n) is 7.87. The SMILES string of the molecule is FC(F)(F)n1ncc(Br)c1-c1ccccc1. The lowest BCUT2D eigenvalue weighted by atomic mass is 10.1. The highest BCUT2D eigenvalue weighted by Gasteiger charge is 2.35. The number of nitrogens with zero attached hydrogens (tertiary/aromatic N) is 2. The first kappa shape index (κ1) is 11.2. The third-order valence-electron chi connectivity index (χ3n) is 2.01. The van der Waals surface area contributed by atoms with Crippen molar-refractivity contribution in [3.8, 4) is 11.3 Å². The monoisotopic (exact) mass is 290 g/mol. The van der Waals surface area contributed by atoms with Crippen molar-refractivity contribution < 1.29 is 13.2 Å². The second kappa shape index (κ2) is 3.93. The van der Waals surface area contributed by atoms with Gasteiger partial charge in [0, 0.05) is 5.56 Å². The van der Waals surface area contributed by atoms with Gasteiger partial charge in [-0.05, 0) is 15.9 Å². The average Bonchev–Trinajstić information content (AvgIpc) is 2.61. The maximum Gasteiger partial charge on any atom is 0.505 e. The van der Waals surface area contributed by atoms with Crippen LogP contribution in [0, 0.1) is 0 Å². The molecule has 0 spiro atoms. The Morgan fingerprint density at radius 1 is 1.12 bits per heavy atom. The second-order valence-electron chi connectivity index (χ2n) is 3.09. The van der Waals surface area contributed by atoms with E-state index in [1.165, 1.54) is 0 Å². The van der Waals surface area contributed by atoms with Gasteiger partial charge in [0.15, 0.2) is 0 Å². The number of hydrogen-bond acceptors (Lipinski definition) is 1. The number of halogens is 4. The fraction of sp³-hybridized carbons (Fsp3) is 0.100. The van der Waals surface area contributed by atoms with E-state index < -0.39 is 6.30 Å². The van der Waals surface area contributed by atoms with Crippen LogP contribution < -0.4 is 0 Å². The highest BCUT2D eigenvalue weighted by Crippen LogP contribution is 2.34. The van der Waals surface area contributed by atoms with Crippen LogP contribution in [-0.2, 0) is 6.30 Å². The molecule has 84 valence electrons. The predicted molar refractivity (Wildman–Crippen MR) is 56.7 cm³/mol. The summed E-state index contributed by atoms with van der Waals surface area (Å²) in [5.41, 5.74) is 0.470. The Balaban J connectivity index is 2.61. The van der Waals surface area contributed by atoms with Crippen molar-refractivity contribution in [1.82, 2.24) is 9.78 Å². The molecule has 0 atom stereocenters. The standard InChI is InChI=1S/C10H6BrF3N2/c11-8-6-15-16(10(12,13)14)9(8)7-4-2-1-3-5-7/h1-6H. The fourth-order valence-corrected chi connectivity index (χ4v) is 1.87. The molecule has 16 heavy (non-hydrogen) atoms. The Morgan fingerprint density at radius 3 is 2.31 bits per heavy atom. The highest BCUT2D eigenvalue weighted by atomic mass is 79.9. The maximum absolute atomic E-state index is 12.6. The van der Waals surface area contributed by atoms with E-state index in [1.54, 1.807) is 30.3 Å². The maximum atomic E-state index is 12.6. The van der Waals surface area contributed by atoms with Gasteiger partial charge in [0.2, 0.25) is 0 Å². The normalized spacial score (nSPS) is 11.8. The largest absolute Gasteiger partial charge is 0.505 e. The van der Waals surface area contributed by atoms with Crippen molar-refractivity contribution in [3.05, 3.63) is 41.0 Å². The quantitative estimate of drug-likeness (QED) is 0.781. The van der Waals surface area contributed by atoms with Gasteiger partial charge in [-0.3, -0.25) is 0 Å². The van der Waals surface area contributed by atoms with Gasteiger partial charge in [0.05, 0.1) is 16.4 Å². The van der Waals surface area contributed by atoms with E-state index in [-0.39, 0.29) is 10.4 Å². The van der Waals surface area contributed by atoms with E-state index in [2.05, 4.69) is 21.0 Å². The number of hydrogen-bond donors (Lipinski definition) is 0. The molecule has 0 unspecified atom stereocenters. The smallest absolute Gasteiger partial charge is 0.172 e. The number of aromatic nitrogens is 2. The van der Waals surface area contributed by atoms with Gasteiger partial charge in [-0.2, -0.15) is 9.78 Å². The molecule has 0 aliphatic heterocycles. The van der Waals surface area contributed by atoms with Crippen LogP contribution in [0.15, 0.2) is 41.0 Å². The lowest BCUT2D eigenvalue weighted by molar-refractivity contribution is -0.211. The molecule has 1 heterocycles. The van der Waals surface area contributed by atoms with E-state index in [9.17, 15) is 13.2 Å². The summed E-state index contributed by atoms with van der Waals surface area (Å²) in [6.45, 7) is 0. The van der Waals surface area contributed by atoms with Crippen LogP contribution in [0.3, 0.4) is 0 Å². The summed E-state index contributed by atoms with van der Waals surface area (Å²) in [6, 6.07) is 8.30. The van der Waals surface area contributed by atoms with Crippen molar-refractivity contribution in [2.24, 2.45) is 0 Å². The Hall–Kier alpha value is -1.30. The molecule has 2 aromatic rings. The van der Waals surface area contributed by atoms with Crippen LogP contribution in [0.25, 0.3) is 11.3 Å². The van der Waals surface area contributed by atoms with Gasteiger partial charge in [-0.25, -0.2) is 0 Å². The van der Waals surface area contributed by atoms with Gasteiger partial charge in [-0.1, -0.05) is 30.3 Å². The highest BCUT2D eigenvalue weighted by molar-refractivity contribution is 9.10. The summed E-state index contributed by atoms with van der Waals surface area (Å²) in [6.07, 6.45) is -3.38.